The fraction of sp³-hybridized carbons (Fsp3) is 0.353. The fourth-order valence-electron chi connectivity index (χ4n) is 2.05. The van der Waals surface area contributed by atoms with Crippen molar-refractivity contribution in [3.8, 4) is 11.5 Å². The minimum Gasteiger partial charge on any atom is -0.457 e. The molecule has 0 aliphatic rings. The molecule has 0 saturated carbocycles. The third-order valence-electron chi connectivity index (χ3n) is 3.20. The van der Waals surface area contributed by atoms with Gasteiger partial charge in [-0.3, -0.25) is 4.98 Å². The maximum Gasteiger partial charge on any atom is 0.134 e. The predicted molar refractivity (Wildman–Crippen MR) is 87.2 cm³/mol. The lowest BCUT2D eigenvalue weighted by atomic mass is 10.1. The Balaban J connectivity index is 2.23. The van der Waals surface area contributed by atoms with Crippen molar-refractivity contribution >= 4 is 11.6 Å². The SMILES string of the molecule is Cc1cc(Oc2ccncc2CNC(C)C)cc(C)c1Cl. The summed E-state index contributed by atoms with van der Waals surface area (Å²) in [5.41, 5.74) is 3.07. The number of aromatic nitrogens is 1. The Morgan fingerprint density at radius 3 is 2.52 bits per heavy atom. The first-order chi connectivity index (χ1) is 9.97. The van der Waals surface area contributed by atoms with E-state index in [1.54, 1.807) is 6.20 Å². The Kier molecular flexibility index (Phi) is 5.21. The van der Waals surface area contributed by atoms with Gasteiger partial charge < -0.3 is 10.1 Å². The highest BCUT2D eigenvalue weighted by atomic mass is 35.5. The van der Waals surface area contributed by atoms with Crippen molar-refractivity contribution in [2.24, 2.45) is 0 Å². The zero-order valence-electron chi connectivity index (χ0n) is 12.9. The molecule has 0 aliphatic heterocycles. The van der Waals surface area contributed by atoms with Crippen LogP contribution in [0.15, 0.2) is 30.6 Å². The molecule has 0 unspecified atom stereocenters. The molecular formula is C17H21ClN2O. The monoisotopic (exact) mass is 304 g/mol. The Labute approximate surface area is 131 Å². The average molecular weight is 305 g/mol. The van der Waals surface area contributed by atoms with E-state index in [1.165, 1.54) is 0 Å². The van der Waals surface area contributed by atoms with E-state index in [0.29, 0.717) is 6.04 Å². The molecule has 0 spiro atoms. The summed E-state index contributed by atoms with van der Waals surface area (Å²) in [6.07, 6.45) is 3.57. The largest absolute Gasteiger partial charge is 0.457 e. The second kappa shape index (κ2) is 6.92. The molecule has 21 heavy (non-hydrogen) atoms. The van der Waals surface area contributed by atoms with Gasteiger partial charge in [0.15, 0.2) is 0 Å². The van der Waals surface area contributed by atoms with Gasteiger partial charge in [0.05, 0.1) is 0 Å². The van der Waals surface area contributed by atoms with Gasteiger partial charge in [0, 0.05) is 35.6 Å². The van der Waals surface area contributed by atoms with Crippen LogP contribution in [-0.4, -0.2) is 11.0 Å². The smallest absolute Gasteiger partial charge is 0.134 e. The highest BCUT2D eigenvalue weighted by Crippen LogP contribution is 2.30. The number of hydrogen-bond donors (Lipinski definition) is 1. The molecule has 0 bridgehead atoms. The number of hydrogen-bond acceptors (Lipinski definition) is 3. The van der Waals surface area contributed by atoms with Crippen LogP contribution in [0.3, 0.4) is 0 Å². The third kappa shape index (κ3) is 4.19. The molecule has 0 aliphatic carbocycles. The highest BCUT2D eigenvalue weighted by Gasteiger charge is 2.08. The van der Waals surface area contributed by atoms with E-state index < -0.39 is 0 Å². The molecule has 1 heterocycles. The first kappa shape index (κ1) is 15.8. The second-order valence-corrected chi connectivity index (χ2v) is 5.87. The fourth-order valence-corrected chi connectivity index (χ4v) is 2.16. The van der Waals surface area contributed by atoms with Gasteiger partial charge in [-0.15, -0.1) is 0 Å². The lowest BCUT2D eigenvalue weighted by Gasteiger charge is -2.14. The first-order valence-electron chi connectivity index (χ1n) is 7.08. The molecule has 4 heteroatoms. The van der Waals surface area contributed by atoms with Crippen LogP contribution in [-0.2, 0) is 6.54 Å². The van der Waals surface area contributed by atoms with Crippen LogP contribution in [0, 0.1) is 13.8 Å². The summed E-state index contributed by atoms with van der Waals surface area (Å²) in [6.45, 7) is 8.92. The van der Waals surface area contributed by atoms with Gasteiger partial charge in [-0.1, -0.05) is 25.4 Å². The lowest BCUT2D eigenvalue weighted by molar-refractivity contribution is 0.467. The molecule has 2 rings (SSSR count). The zero-order chi connectivity index (χ0) is 15.4. The van der Waals surface area contributed by atoms with Gasteiger partial charge in [0.25, 0.3) is 0 Å². The molecule has 0 atom stereocenters. The molecule has 0 saturated heterocycles. The number of halogens is 1. The summed E-state index contributed by atoms with van der Waals surface area (Å²) < 4.78 is 6.02. The molecule has 0 radical (unpaired) electrons. The van der Waals surface area contributed by atoms with Crippen LogP contribution in [0.5, 0.6) is 11.5 Å². The summed E-state index contributed by atoms with van der Waals surface area (Å²) in [5, 5.41) is 4.17. The maximum atomic E-state index is 6.19. The van der Waals surface area contributed by atoms with Gasteiger partial charge in [0.1, 0.15) is 11.5 Å². The zero-order valence-corrected chi connectivity index (χ0v) is 13.7. The number of pyridine rings is 1. The van der Waals surface area contributed by atoms with Crippen molar-refractivity contribution in [1.29, 1.82) is 0 Å². The Morgan fingerprint density at radius 2 is 1.90 bits per heavy atom. The van der Waals surface area contributed by atoms with Crippen LogP contribution >= 0.6 is 11.6 Å². The van der Waals surface area contributed by atoms with Gasteiger partial charge >= 0.3 is 0 Å². The van der Waals surface area contributed by atoms with E-state index in [9.17, 15) is 0 Å². The molecule has 0 amide bonds. The number of ether oxygens (including phenoxy) is 1. The molecule has 0 fully saturated rings. The second-order valence-electron chi connectivity index (χ2n) is 5.49. The van der Waals surface area contributed by atoms with Gasteiger partial charge in [0.2, 0.25) is 0 Å². The Bertz CT molecular complexity index is 603. The standard InChI is InChI=1S/C17H21ClN2O/c1-11(2)20-10-14-9-19-6-5-16(14)21-15-7-12(3)17(18)13(4)8-15/h5-9,11,20H,10H2,1-4H3. The van der Waals surface area contributed by atoms with Gasteiger partial charge in [-0.25, -0.2) is 0 Å². The van der Waals surface area contributed by atoms with Crippen molar-refractivity contribution in [1.82, 2.24) is 10.3 Å². The summed E-state index contributed by atoms with van der Waals surface area (Å²) >= 11 is 6.19. The van der Waals surface area contributed by atoms with Crippen molar-refractivity contribution in [2.45, 2.75) is 40.3 Å². The highest BCUT2D eigenvalue weighted by molar-refractivity contribution is 6.32. The molecule has 3 nitrogen and oxygen atoms in total. The molecule has 1 aromatic heterocycles. The number of nitrogens with zero attached hydrogens (tertiary/aromatic N) is 1. The molecular weight excluding hydrogens is 284 g/mol. The molecule has 1 N–H and O–H groups in total. The normalized spacial score (nSPS) is 11.0. The summed E-state index contributed by atoms with van der Waals surface area (Å²) in [5.74, 6) is 1.62. The number of rotatable bonds is 5. The summed E-state index contributed by atoms with van der Waals surface area (Å²) in [4.78, 5) is 4.17. The van der Waals surface area contributed by atoms with E-state index in [0.717, 1.165) is 39.8 Å². The van der Waals surface area contributed by atoms with E-state index in [-0.39, 0.29) is 0 Å². The quantitative estimate of drug-likeness (QED) is 0.873. The number of aryl methyl sites for hydroxylation is 2. The summed E-state index contributed by atoms with van der Waals surface area (Å²) in [6, 6.07) is 6.21. The lowest BCUT2D eigenvalue weighted by Crippen LogP contribution is -2.22. The average Bonchev–Trinajstić information content (AvgIpc) is 2.43. The van der Waals surface area contributed by atoms with Gasteiger partial charge in [-0.2, -0.15) is 0 Å². The van der Waals surface area contributed by atoms with Crippen LogP contribution in [0.2, 0.25) is 5.02 Å². The van der Waals surface area contributed by atoms with Crippen LogP contribution in [0.1, 0.15) is 30.5 Å². The van der Waals surface area contributed by atoms with Crippen molar-refractivity contribution in [2.75, 3.05) is 0 Å². The molecule has 112 valence electrons. The predicted octanol–water partition coefficient (Wildman–Crippen LogP) is 4.64. The third-order valence-corrected chi connectivity index (χ3v) is 3.79. The van der Waals surface area contributed by atoms with E-state index >= 15 is 0 Å². The maximum absolute atomic E-state index is 6.19. The number of benzene rings is 1. The van der Waals surface area contributed by atoms with Crippen LogP contribution in [0.4, 0.5) is 0 Å². The molecule has 1 aromatic carbocycles. The van der Waals surface area contributed by atoms with E-state index in [2.05, 4.69) is 24.1 Å². The van der Waals surface area contributed by atoms with Crippen LogP contribution in [0.25, 0.3) is 0 Å². The van der Waals surface area contributed by atoms with Crippen molar-refractivity contribution in [3.05, 3.63) is 52.3 Å². The van der Waals surface area contributed by atoms with E-state index in [4.69, 9.17) is 16.3 Å². The minimum absolute atomic E-state index is 0.415. The minimum atomic E-state index is 0.415. The van der Waals surface area contributed by atoms with Crippen molar-refractivity contribution < 1.29 is 4.74 Å². The Morgan fingerprint density at radius 1 is 1.24 bits per heavy atom. The van der Waals surface area contributed by atoms with Crippen LogP contribution < -0.4 is 10.1 Å². The Hall–Kier alpha value is -1.58. The number of nitrogens with one attached hydrogen (secondary N) is 1. The molecule has 2 aromatic rings. The van der Waals surface area contributed by atoms with Crippen molar-refractivity contribution in [3.63, 3.8) is 0 Å². The van der Waals surface area contributed by atoms with E-state index in [1.807, 2.05) is 38.2 Å². The topological polar surface area (TPSA) is 34.1 Å². The van der Waals surface area contributed by atoms with Gasteiger partial charge in [-0.05, 0) is 43.2 Å². The first-order valence-corrected chi connectivity index (χ1v) is 7.46. The summed E-state index contributed by atoms with van der Waals surface area (Å²) in [7, 11) is 0.